The Balaban J connectivity index is 1.17. The minimum atomic E-state index is -1.51. The number of Topliss-reactive ketones (excluding diaryl/α,β-unsaturated/α-hetero) is 4. The molecule has 2 aromatic carbocycles. The van der Waals surface area contributed by atoms with Crippen LogP contribution >= 0.6 is 0 Å². The van der Waals surface area contributed by atoms with Crippen LogP contribution in [0.5, 0.6) is 0 Å². The number of likely N-dealkylation sites (tertiary alicyclic amines) is 2. The number of hydrogen-bond donors (Lipinski definition) is 1. The Labute approximate surface area is 401 Å². The zero-order valence-corrected chi connectivity index (χ0v) is 38.6. The third-order valence-electron chi connectivity index (χ3n) is 13.0. The average molecular weight is 951 g/mol. The molecular formula is C50H48F2N12O6. The summed E-state index contributed by atoms with van der Waals surface area (Å²) in [6.45, 7) is 1.92. The lowest BCUT2D eigenvalue weighted by Gasteiger charge is -2.46. The normalized spacial score (nSPS) is 21.0. The van der Waals surface area contributed by atoms with E-state index >= 15 is 8.78 Å². The predicted octanol–water partition coefficient (Wildman–Crippen LogP) is 3.77. The van der Waals surface area contributed by atoms with Gasteiger partial charge in [0.15, 0.2) is 29.5 Å². The standard InChI is InChI=1S/C50H48F2N12O6/c1-28-30(11-5-13-36(28)51)39-32(41(66)45-53-15-7-16-54-45)23-63(24-33(39)42(67)46-55-17-8-18-56-46)27-38(65)61-49(50(70)62(3)4)64-25-34(43(68)47-57-19-9-20-58-47)40(31-12-6-14-37(52)29(31)2)35(26-64)44(69)48-59-21-10-22-60-48/h5-22,32-35,39-40,49H,23-27H2,1-4H3,(H,61,65)/t32-,33+,34-,35+,39?,40?,49?. The highest BCUT2D eigenvalue weighted by atomic mass is 19.1. The SMILES string of the molecule is Cc1c(F)cccc1C1[C@@H](C(=O)c2ncccn2)CN(CC(=O)NC(C(=O)N(C)C)N2C[C@H](C(=O)c3ncccn3)C(c3cccc(F)c3C)[C@H](C(=O)c3ncccn3)C2)C[C@H]1C(=O)c1ncccn1. The molecule has 2 aliphatic heterocycles. The zero-order chi connectivity index (χ0) is 49.6. The molecule has 3 unspecified atom stereocenters. The molecule has 0 radical (unpaired) electrons. The molecule has 7 atom stereocenters. The van der Waals surface area contributed by atoms with Gasteiger partial charge >= 0.3 is 0 Å². The van der Waals surface area contributed by atoms with Crippen molar-refractivity contribution in [2.24, 2.45) is 23.7 Å². The van der Waals surface area contributed by atoms with Gasteiger partial charge in [-0.15, -0.1) is 0 Å². The molecule has 6 aromatic rings. The number of carbonyl (C=O) groups excluding carboxylic acids is 6. The summed E-state index contributed by atoms with van der Waals surface area (Å²) in [6.07, 6.45) is 9.65. The van der Waals surface area contributed by atoms with Crippen LogP contribution in [0.4, 0.5) is 8.78 Å². The predicted molar refractivity (Wildman–Crippen MR) is 246 cm³/mol. The highest BCUT2D eigenvalue weighted by Crippen LogP contribution is 2.44. The first kappa shape index (κ1) is 48.6. The van der Waals surface area contributed by atoms with Gasteiger partial charge in [-0.2, -0.15) is 0 Å². The molecule has 0 bridgehead atoms. The second-order valence-electron chi connectivity index (χ2n) is 17.5. The maximum Gasteiger partial charge on any atom is 0.259 e. The van der Waals surface area contributed by atoms with Crippen LogP contribution < -0.4 is 5.32 Å². The number of aromatic nitrogens is 8. The van der Waals surface area contributed by atoms with Crippen LogP contribution in [0.25, 0.3) is 0 Å². The van der Waals surface area contributed by atoms with Crippen molar-refractivity contribution in [2.75, 3.05) is 46.8 Å². The quantitative estimate of drug-likeness (QED) is 0.145. The van der Waals surface area contributed by atoms with E-state index in [0.29, 0.717) is 11.1 Å². The van der Waals surface area contributed by atoms with E-state index in [0.717, 1.165) is 0 Å². The van der Waals surface area contributed by atoms with Gasteiger partial charge in [0.05, 0.1) is 6.54 Å². The molecule has 1 N–H and O–H groups in total. The highest BCUT2D eigenvalue weighted by Gasteiger charge is 2.51. The molecule has 6 heterocycles. The second kappa shape index (κ2) is 21.2. The van der Waals surface area contributed by atoms with Gasteiger partial charge in [-0.25, -0.2) is 48.7 Å². The first-order valence-corrected chi connectivity index (χ1v) is 22.4. The Morgan fingerprint density at radius 3 is 1.20 bits per heavy atom. The van der Waals surface area contributed by atoms with Crippen molar-refractivity contribution in [3.63, 3.8) is 0 Å². The average Bonchev–Trinajstić information content (AvgIpc) is 3.39. The van der Waals surface area contributed by atoms with Crippen molar-refractivity contribution in [1.82, 2.24) is 59.9 Å². The van der Waals surface area contributed by atoms with Crippen LogP contribution in [0.1, 0.15) is 76.6 Å². The topological polar surface area (TPSA) is 227 Å². The van der Waals surface area contributed by atoms with Gasteiger partial charge in [0.25, 0.3) is 5.91 Å². The molecule has 0 saturated carbocycles. The highest BCUT2D eigenvalue weighted by molar-refractivity contribution is 6.00. The monoisotopic (exact) mass is 950 g/mol. The van der Waals surface area contributed by atoms with Gasteiger partial charge in [0, 0.05) is 125 Å². The first-order chi connectivity index (χ1) is 33.7. The maximum atomic E-state index is 15.4. The lowest BCUT2D eigenvalue weighted by atomic mass is 9.69. The Bertz CT molecular complexity index is 2780. The largest absolute Gasteiger partial charge is 0.346 e. The number of hydrogen-bond acceptors (Lipinski definition) is 16. The number of nitrogens with one attached hydrogen (secondary N) is 1. The van der Waals surface area contributed by atoms with Gasteiger partial charge in [-0.3, -0.25) is 38.6 Å². The number of amides is 2. The van der Waals surface area contributed by atoms with Gasteiger partial charge in [0.1, 0.15) is 11.6 Å². The summed E-state index contributed by atoms with van der Waals surface area (Å²) in [5, 5.41) is 2.84. The zero-order valence-electron chi connectivity index (χ0n) is 38.6. The Morgan fingerprint density at radius 2 is 0.871 bits per heavy atom. The molecule has 2 amide bonds. The number of likely N-dealkylation sites (N-methyl/N-ethyl adjacent to an activating group) is 1. The molecule has 2 saturated heterocycles. The Hall–Kier alpha value is -7.84. The third kappa shape index (κ3) is 10.1. The smallest absolute Gasteiger partial charge is 0.259 e. The summed E-state index contributed by atoms with van der Waals surface area (Å²) in [7, 11) is 2.96. The van der Waals surface area contributed by atoms with E-state index in [9.17, 15) is 28.8 Å². The fourth-order valence-electron chi connectivity index (χ4n) is 9.71. The molecule has 18 nitrogen and oxygen atoms in total. The van der Waals surface area contributed by atoms with Crippen LogP contribution in [-0.2, 0) is 9.59 Å². The molecule has 20 heteroatoms. The van der Waals surface area contributed by atoms with Gasteiger partial charge < -0.3 is 10.2 Å². The summed E-state index contributed by atoms with van der Waals surface area (Å²) < 4.78 is 30.8. The number of carbonyl (C=O) groups is 6. The molecule has 0 spiro atoms. The number of ketones is 4. The van der Waals surface area contributed by atoms with Crippen molar-refractivity contribution >= 4 is 34.9 Å². The van der Waals surface area contributed by atoms with E-state index in [1.54, 1.807) is 43.0 Å². The van der Waals surface area contributed by atoms with Gasteiger partial charge in [-0.05, 0) is 72.5 Å². The summed E-state index contributed by atoms with van der Waals surface area (Å²) in [5.41, 5.74) is 1.20. The molecule has 2 fully saturated rings. The minimum Gasteiger partial charge on any atom is -0.346 e. The fourth-order valence-corrected chi connectivity index (χ4v) is 9.71. The summed E-state index contributed by atoms with van der Waals surface area (Å²) in [4.78, 5) is 126. The Kier molecular flexibility index (Phi) is 14.7. The lowest BCUT2D eigenvalue weighted by Crippen LogP contribution is -2.63. The molecule has 4 aromatic heterocycles. The fraction of sp³-hybridized carbons (Fsp3) is 0.320. The maximum absolute atomic E-state index is 15.4. The van der Waals surface area contributed by atoms with Gasteiger partial charge in [-0.1, -0.05) is 24.3 Å². The molecular weight excluding hydrogens is 903 g/mol. The van der Waals surface area contributed by atoms with Crippen LogP contribution in [0, 0.1) is 49.2 Å². The molecule has 8 rings (SSSR count). The summed E-state index contributed by atoms with van der Waals surface area (Å²) >= 11 is 0. The van der Waals surface area contributed by atoms with Crippen molar-refractivity contribution in [1.29, 1.82) is 0 Å². The van der Waals surface area contributed by atoms with Crippen LogP contribution in [0.15, 0.2) is 110 Å². The molecule has 2 aliphatic rings. The Morgan fingerprint density at radius 1 is 0.543 bits per heavy atom. The molecule has 0 aliphatic carbocycles. The second-order valence-corrected chi connectivity index (χ2v) is 17.5. The third-order valence-corrected chi connectivity index (χ3v) is 13.0. The lowest BCUT2D eigenvalue weighted by molar-refractivity contribution is -0.141. The van der Waals surface area contributed by atoms with Crippen LogP contribution in [0.2, 0.25) is 0 Å². The first-order valence-electron chi connectivity index (χ1n) is 22.4. The van der Waals surface area contributed by atoms with E-state index in [2.05, 4.69) is 45.2 Å². The van der Waals surface area contributed by atoms with Crippen molar-refractivity contribution < 1.29 is 37.5 Å². The molecule has 358 valence electrons. The number of nitrogens with zero attached hydrogens (tertiary/aromatic N) is 11. The van der Waals surface area contributed by atoms with Crippen molar-refractivity contribution in [2.45, 2.75) is 31.8 Å². The number of piperidine rings is 2. The minimum absolute atomic E-state index is 0.128. The number of halogens is 2. The van der Waals surface area contributed by atoms with E-state index in [1.165, 1.54) is 110 Å². The van der Waals surface area contributed by atoms with Crippen LogP contribution in [-0.4, -0.2) is 143 Å². The van der Waals surface area contributed by atoms with Crippen molar-refractivity contribution in [3.8, 4) is 0 Å². The van der Waals surface area contributed by atoms with E-state index in [1.807, 2.05) is 0 Å². The molecule has 70 heavy (non-hydrogen) atoms. The number of rotatable bonds is 15. The van der Waals surface area contributed by atoms with Crippen LogP contribution in [0.3, 0.4) is 0 Å². The van der Waals surface area contributed by atoms with E-state index in [4.69, 9.17) is 0 Å². The summed E-state index contributed by atoms with van der Waals surface area (Å²) in [5.74, 6) is -11.9. The van der Waals surface area contributed by atoms with E-state index < -0.39 is 94.8 Å². The van der Waals surface area contributed by atoms with E-state index in [-0.39, 0.29) is 60.6 Å². The van der Waals surface area contributed by atoms with Gasteiger partial charge in [0.2, 0.25) is 29.0 Å². The summed E-state index contributed by atoms with van der Waals surface area (Å²) in [6, 6.07) is 15.0. The van der Waals surface area contributed by atoms with Crippen molar-refractivity contribution in [3.05, 3.63) is 167 Å². The number of benzene rings is 2.